The molecule has 0 fully saturated rings. The molecule has 0 radical (unpaired) electrons. The number of aromatic nitrogens is 3. The third-order valence-electron chi connectivity index (χ3n) is 3.83. The molecule has 3 rings (SSSR count). The molecule has 0 aliphatic heterocycles. The first kappa shape index (κ1) is 17.9. The second-order valence-corrected chi connectivity index (χ2v) is 6.38. The predicted octanol–water partition coefficient (Wildman–Crippen LogP) is 3.72. The van der Waals surface area contributed by atoms with Crippen molar-refractivity contribution in [3.8, 4) is 0 Å². The molecule has 0 aliphatic rings. The number of benzene rings is 2. The highest BCUT2D eigenvalue weighted by molar-refractivity contribution is 6.33. The number of rotatable bonds is 6. The molecule has 26 heavy (non-hydrogen) atoms. The van der Waals surface area contributed by atoms with Crippen LogP contribution in [0.2, 0.25) is 5.02 Å². The summed E-state index contributed by atoms with van der Waals surface area (Å²) in [6.45, 7) is 2.49. The number of carbonyl (C=O) groups is 1. The van der Waals surface area contributed by atoms with E-state index in [1.54, 1.807) is 12.1 Å². The fourth-order valence-corrected chi connectivity index (χ4v) is 2.62. The summed E-state index contributed by atoms with van der Waals surface area (Å²) in [5, 5.41) is 13.1. The lowest BCUT2D eigenvalue weighted by Gasteiger charge is -2.07. The number of urea groups is 1. The number of amides is 2. The fourth-order valence-electron chi connectivity index (χ4n) is 2.44. The summed E-state index contributed by atoms with van der Waals surface area (Å²) in [5.74, 6) is 1.48. The normalized spacial score (nSPS) is 10.5. The van der Waals surface area contributed by atoms with Crippen LogP contribution in [0, 0.1) is 6.92 Å². The second kappa shape index (κ2) is 8.49. The summed E-state index contributed by atoms with van der Waals surface area (Å²) in [4.78, 5) is 16.4. The van der Waals surface area contributed by atoms with Crippen molar-refractivity contribution in [3.05, 3.63) is 76.3 Å². The minimum atomic E-state index is -0.312. The van der Waals surface area contributed by atoms with E-state index in [1.807, 2.05) is 12.1 Å². The van der Waals surface area contributed by atoms with Crippen LogP contribution < -0.4 is 10.6 Å². The number of hydrogen-bond acceptors (Lipinski definition) is 3. The molecule has 0 unspecified atom stereocenters. The van der Waals surface area contributed by atoms with Crippen molar-refractivity contribution in [2.24, 2.45) is 0 Å². The number of carbonyl (C=O) groups excluding carboxylic acids is 1. The van der Waals surface area contributed by atoms with Crippen LogP contribution in [0.4, 0.5) is 10.5 Å². The van der Waals surface area contributed by atoms with Crippen molar-refractivity contribution in [1.29, 1.82) is 0 Å². The Morgan fingerprint density at radius 2 is 1.92 bits per heavy atom. The van der Waals surface area contributed by atoms with Gasteiger partial charge in [0.2, 0.25) is 0 Å². The third kappa shape index (κ3) is 5.07. The number of aryl methyl sites for hydroxylation is 1. The van der Waals surface area contributed by atoms with Crippen molar-refractivity contribution >= 4 is 23.3 Å². The van der Waals surface area contributed by atoms with Gasteiger partial charge >= 0.3 is 6.03 Å². The zero-order chi connectivity index (χ0) is 18.4. The molecular formula is C19H20ClN5O. The monoisotopic (exact) mass is 369 g/mol. The molecule has 2 aromatic carbocycles. The van der Waals surface area contributed by atoms with Gasteiger partial charge in [0, 0.05) is 19.4 Å². The highest BCUT2D eigenvalue weighted by atomic mass is 35.5. The number of nitrogens with zero attached hydrogens (tertiary/aromatic N) is 2. The zero-order valence-corrected chi connectivity index (χ0v) is 15.2. The predicted molar refractivity (Wildman–Crippen MR) is 103 cm³/mol. The van der Waals surface area contributed by atoms with Crippen LogP contribution in [-0.2, 0) is 12.8 Å². The van der Waals surface area contributed by atoms with E-state index in [-0.39, 0.29) is 6.03 Å². The van der Waals surface area contributed by atoms with E-state index >= 15 is 0 Å². The van der Waals surface area contributed by atoms with Gasteiger partial charge in [-0.05, 0) is 24.6 Å². The van der Waals surface area contributed by atoms with E-state index in [1.165, 1.54) is 11.1 Å². The van der Waals surface area contributed by atoms with Crippen molar-refractivity contribution in [3.63, 3.8) is 0 Å². The van der Waals surface area contributed by atoms with E-state index in [2.05, 4.69) is 57.0 Å². The van der Waals surface area contributed by atoms with E-state index < -0.39 is 0 Å². The molecule has 0 atom stereocenters. The third-order valence-corrected chi connectivity index (χ3v) is 4.16. The quantitative estimate of drug-likeness (QED) is 0.619. The minimum Gasteiger partial charge on any atom is -0.337 e. The van der Waals surface area contributed by atoms with Crippen molar-refractivity contribution in [2.45, 2.75) is 19.8 Å². The first-order valence-corrected chi connectivity index (χ1v) is 8.73. The topological polar surface area (TPSA) is 82.7 Å². The lowest BCUT2D eigenvalue weighted by Crippen LogP contribution is -2.30. The molecule has 1 aromatic heterocycles. The smallest absolute Gasteiger partial charge is 0.319 e. The molecule has 2 amide bonds. The van der Waals surface area contributed by atoms with Gasteiger partial charge < -0.3 is 10.6 Å². The number of nitrogens with one attached hydrogen (secondary N) is 3. The van der Waals surface area contributed by atoms with Crippen molar-refractivity contribution < 1.29 is 4.79 Å². The van der Waals surface area contributed by atoms with E-state index in [4.69, 9.17) is 11.6 Å². The Morgan fingerprint density at radius 1 is 1.15 bits per heavy atom. The second-order valence-electron chi connectivity index (χ2n) is 5.97. The van der Waals surface area contributed by atoms with Crippen LogP contribution in [0.15, 0.2) is 48.5 Å². The Kier molecular flexibility index (Phi) is 5.86. The molecule has 0 spiro atoms. The molecule has 3 aromatic rings. The number of anilines is 1. The number of hydrogen-bond donors (Lipinski definition) is 3. The fraction of sp³-hybridized carbons (Fsp3) is 0.211. The Labute approximate surface area is 157 Å². The lowest BCUT2D eigenvalue weighted by atomic mass is 10.1. The standard InChI is InChI=1S/C19H20ClN5O/c1-13-6-8-14(9-7-13)12-18-23-17(24-25-18)10-11-21-19(26)22-16-5-3-2-4-15(16)20/h2-9H,10-12H2,1H3,(H2,21,22,26)(H,23,24,25). The van der Waals surface area contributed by atoms with Gasteiger partial charge in [0.05, 0.1) is 10.7 Å². The van der Waals surface area contributed by atoms with Gasteiger partial charge in [0.25, 0.3) is 0 Å². The van der Waals surface area contributed by atoms with Gasteiger partial charge in [-0.15, -0.1) is 0 Å². The van der Waals surface area contributed by atoms with Crippen LogP contribution in [-0.4, -0.2) is 27.8 Å². The zero-order valence-electron chi connectivity index (χ0n) is 14.4. The van der Waals surface area contributed by atoms with Gasteiger partial charge in [-0.3, -0.25) is 5.10 Å². The number of H-pyrrole nitrogens is 1. The SMILES string of the molecule is Cc1ccc(Cc2nc(CCNC(=O)Nc3ccccc3Cl)n[nH]2)cc1. The highest BCUT2D eigenvalue weighted by Crippen LogP contribution is 2.20. The number of halogens is 1. The first-order chi connectivity index (χ1) is 12.6. The van der Waals surface area contributed by atoms with Crippen molar-refractivity contribution in [2.75, 3.05) is 11.9 Å². The van der Waals surface area contributed by atoms with E-state index in [9.17, 15) is 4.79 Å². The van der Waals surface area contributed by atoms with E-state index in [0.29, 0.717) is 35.9 Å². The van der Waals surface area contributed by atoms with Crippen LogP contribution in [0.5, 0.6) is 0 Å². The Hall–Kier alpha value is -2.86. The molecule has 3 N–H and O–H groups in total. The summed E-state index contributed by atoms with van der Waals surface area (Å²) >= 11 is 6.01. The van der Waals surface area contributed by atoms with Crippen LogP contribution in [0.3, 0.4) is 0 Å². The average molecular weight is 370 g/mol. The van der Waals surface area contributed by atoms with Gasteiger partial charge in [-0.1, -0.05) is 53.6 Å². The largest absolute Gasteiger partial charge is 0.337 e. The van der Waals surface area contributed by atoms with Gasteiger partial charge in [0.1, 0.15) is 5.82 Å². The summed E-state index contributed by atoms with van der Waals surface area (Å²) in [5.41, 5.74) is 2.98. The molecule has 6 nitrogen and oxygen atoms in total. The molecule has 0 saturated carbocycles. The van der Waals surface area contributed by atoms with Crippen molar-refractivity contribution in [1.82, 2.24) is 20.5 Å². The number of para-hydroxylation sites is 1. The van der Waals surface area contributed by atoms with Crippen LogP contribution >= 0.6 is 11.6 Å². The lowest BCUT2D eigenvalue weighted by molar-refractivity contribution is 0.252. The summed E-state index contributed by atoms with van der Waals surface area (Å²) in [6.07, 6.45) is 1.24. The van der Waals surface area contributed by atoms with Gasteiger partial charge in [-0.25, -0.2) is 9.78 Å². The molecule has 134 valence electrons. The molecular weight excluding hydrogens is 350 g/mol. The summed E-state index contributed by atoms with van der Waals surface area (Å²) < 4.78 is 0. The maximum absolute atomic E-state index is 11.9. The maximum atomic E-state index is 11.9. The molecule has 0 bridgehead atoms. The Balaban J connectivity index is 1.45. The van der Waals surface area contributed by atoms with Gasteiger partial charge in [-0.2, -0.15) is 5.10 Å². The summed E-state index contributed by atoms with van der Waals surface area (Å²) in [6, 6.07) is 15.1. The molecule has 7 heteroatoms. The van der Waals surface area contributed by atoms with Gasteiger partial charge in [0.15, 0.2) is 5.82 Å². The summed E-state index contributed by atoms with van der Waals surface area (Å²) in [7, 11) is 0. The van der Waals surface area contributed by atoms with Crippen LogP contribution in [0.1, 0.15) is 22.8 Å². The van der Waals surface area contributed by atoms with E-state index in [0.717, 1.165) is 5.82 Å². The van der Waals surface area contributed by atoms with Crippen LogP contribution in [0.25, 0.3) is 0 Å². The number of aromatic amines is 1. The molecule has 0 aliphatic carbocycles. The highest BCUT2D eigenvalue weighted by Gasteiger charge is 2.07. The molecule has 0 saturated heterocycles. The maximum Gasteiger partial charge on any atom is 0.319 e. The Bertz CT molecular complexity index is 876. The Morgan fingerprint density at radius 3 is 2.69 bits per heavy atom. The minimum absolute atomic E-state index is 0.312. The average Bonchev–Trinajstić information content (AvgIpc) is 3.06. The molecule has 1 heterocycles. The first-order valence-electron chi connectivity index (χ1n) is 8.35.